The number of likely N-dealkylation sites (tertiary alicyclic amines) is 1. The smallest absolute Gasteiger partial charge is 0.0101 e. The molecule has 2 rings (SSSR count). The minimum atomic E-state index is 0.437. The van der Waals surface area contributed by atoms with Crippen molar-refractivity contribution in [2.45, 2.75) is 65.8 Å². The van der Waals surface area contributed by atoms with Crippen LogP contribution in [0.25, 0.3) is 0 Å². The van der Waals surface area contributed by atoms with Crippen LogP contribution in [0.3, 0.4) is 0 Å². The van der Waals surface area contributed by atoms with Crippen molar-refractivity contribution in [2.24, 2.45) is 16.7 Å². The highest BCUT2D eigenvalue weighted by atomic mass is 15.2. The van der Waals surface area contributed by atoms with Gasteiger partial charge in [-0.2, -0.15) is 0 Å². The molecule has 2 atom stereocenters. The summed E-state index contributed by atoms with van der Waals surface area (Å²) < 4.78 is 0. The number of hydrogen-bond donors (Lipinski definition) is 0. The standard InChI is InChI=1S/C17H31N/c1-6-14-8-9-15(12-17(14,4)5)18-11-7-10-16(2,3)13-18/h6,14-15H,1,7-13H2,2-5H3/t14-,15+/m0/s1. The van der Waals surface area contributed by atoms with Gasteiger partial charge < -0.3 is 0 Å². The van der Waals surface area contributed by atoms with Crippen LogP contribution in [0, 0.1) is 16.7 Å². The lowest BCUT2D eigenvalue weighted by atomic mass is 9.66. The van der Waals surface area contributed by atoms with E-state index in [0.717, 1.165) is 6.04 Å². The zero-order valence-electron chi connectivity index (χ0n) is 12.8. The van der Waals surface area contributed by atoms with E-state index in [1.165, 1.54) is 45.2 Å². The fourth-order valence-electron chi connectivity index (χ4n) is 4.15. The number of piperidine rings is 1. The molecule has 0 aromatic rings. The van der Waals surface area contributed by atoms with Gasteiger partial charge in [-0.1, -0.05) is 33.8 Å². The number of allylic oxidation sites excluding steroid dienone is 1. The van der Waals surface area contributed by atoms with E-state index < -0.39 is 0 Å². The summed E-state index contributed by atoms with van der Waals surface area (Å²) in [6, 6.07) is 0.816. The van der Waals surface area contributed by atoms with Crippen LogP contribution in [0.1, 0.15) is 59.8 Å². The third-order valence-electron chi connectivity index (χ3n) is 5.31. The molecule has 1 heteroatoms. The lowest BCUT2D eigenvalue weighted by Crippen LogP contribution is -2.49. The van der Waals surface area contributed by atoms with Crippen molar-refractivity contribution < 1.29 is 0 Å². The molecular weight excluding hydrogens is 218 g/mol. The van der Waals surface area contributed by atoms with Crippen molar-refractivity contribution in [3.8, 4) is 0 Å². The Hall–Kier alpha value is -0.300. The molecule has 1 saturated carbocycles. The molecule has 18 heavy (non-hydrogen) atoms. The van der Waals surface area contributed by atoms with E-state index in [9.17, 15) is 0 Å². The van der Waals surface area contributed by atoms with E-state index in [-0.39, 0.29) is 0 Å². The Bertz CT molecular complexity index is 303. The molecule has 104 valence electrons. The lowest BCUT2D eigenvalue weighted by Gasteiger charge is -2.49. The van der Waals surface area contributed by atoms with Crippen molar-refractivity contribution >= 4 is 0 Å². The summed E-state index contributed by atoms with van der Waals surface area (Å²) in [6.07, 6.45) is 9.02. The summed E-state index contributed by atoms with van der Waals surface area (Å²) in [4.78, 5) is 2.78. The highest BCUT2D eigenvalue weighted by Gasteiger charge is 2.39. The van der Waals surface area contributed by atoms with Crippen LogP contribution in [-0.2, 0) is 0 Å². The Balaban J connectivity index is 2.01. The predicted molar refractivity (Wildman–Crippen MR) is 79.7 cm³/mol. The van der Waals surface area contributed by atoms with Crippen LogP contribution >= 0.6 is 0 Å². The molecule has 0 amide bonds. The molecule has 1 saturated heterocycles. The van der Waals surface area contributed by atoms with Crippen molar-refractivity contribution in [1.82, 2.24) is 4.90 Å². The summed E-state index contributed by atoms with van der Waals surface area (Å²) in [7, 11) is 0. The van der Waals surface area contributed by atoms with Crippen molar-refractivity contribution in [2.75, 3.05) is 13.1 Å². The highest BCUT2D eigenvalue weighted by molar-refractivity contribution is 4.98. The van der Waals surface area contributed by atoms with Gasteiger partial charge in [-0.25, -0.2) is 0 Å². The van der Waals surface area contributed by atoms with Crippen LogP contribution in [0.2, 0.25) is 0 Å². The third-order valence-corrected chi connectivity index (χ3v) is 5.31. The molecule has 0 bridgehead atoms. The van der Waals surface area contributed by atoms with Crippen LogP contribution < -0.4 is 0 Å². The summed E-state index contributed by atoms with van der Waals surface area (Å²) in [5, 5.41) is 0. The van der Waals surface area contributed by atoms with E-state index in [0.29, 0.717) is 16.7 Å². The predicted octanol–water partition coefficient (Wildman–Crippen LogP) is 4.49. The Morgan fingerprint density at radius 1 is 1.17 bits per heavy atom. The summed E-state index contributed by atoms with van der Waals surface area (Å²) >= 11 is 0. The van der Waals surface area contributed by atoms with E-state index >= 15 is 0 Å². The maximum atomic E-state index is 4.03. The summed E-state index contributed by atoms with van der Waals surface area (Å²) in [5.74, 6) is 0.714. The van der Waals surface area contributed by atoms with Gasteiger partial charge >= 0.3 is 0 Å². The van der Waals surface area contributed by atoms with Gasteiger partial charge in [0, 0.05) is 12.6 Å². The molecule has 2 aliphatic rings. The van der Waals surface area contributed by atoms with Crippen molar-refractivity contribution in [3.05, 3.63) is 12.7 Å². The van der Waals surface area contributed by atoms with Gasteiger partial charge in [0.05, 0.1) is 0 Å². The van der Waals surface area contributed by atoms with Gasteiger partial charge in [0.25, 0.3) is 0 Å². The Morgan fingerprint density at radius 2 is 1.89 bits per heavy atom. The first-order chi connectivity index (χ1) is 8.34. The zero-order chi connectivity index (χ0) is 13.4. The molecular formula is C17H31N. The maximum Gasteiger partial charge on any atom is 0.0101 e. The fraction of sp³-hybridized carbons (Fsp3) is 0.882. The normalized spacial score (nSPS) is 36.2. The molecule has 2 fully saturated rings. The molecule has 1 nitrogen and oxygen atoms in total. The Kier molecular flexibility index (Phi) is 3.92. The number of rotatable bonds is 2. The second-order valence-electron chi connectivity index (χ2n) is 8.00. The van der Waals surface area contributed by atoms with Crippen LogP contribution in [0.15, 0.2) is 12.7 Å². The first-order valence-corrected chi connectivity index (χ1v) is 7.71. The third kappa shape index (κ3) is 2.99. The second-order valence-corrected chi connectivity index (χ2v) is 8.00. The van der Waals surface area contributed by atoms with Gasteiger partial charge in [-0.3, -0.25) is 4.90 Å². The lowest BCUT2D eigenvalue weighted by molar-refractivity contribution is 0.0196. The van der Waals surface area contributed by atoms with Gasteiger partial charge in [0.15, 0.2) is 0 Å². The molecule has 1 heterocycles. The average molecular weight is 249 g/mol. The minimum absolute atomic E-state index is 0.437. The molecule has 0 aromatic heterocycles. The fourth-order valence-corrected chi connectivity index (χ4v) is 4.15. The van der Waals surface area contributed by atoms with E-state index in [4.69, 9.17) is 0 Å². The monoisotopic (exact) mass is 249 g/mol. The van der Waals surface area contributed by atoms with E-state index in [1.807, 2.05) is 0 Å². The first-order valence-electron chi connectivity index (χ1n) is 7.71. The highest BCUT2D eigenvalue weighted by Crippen LogP contribution is 2.44. The quantitative estimate of drug-likeness (QED) is 0.652. The van der Waals surface area contributed by atoms with Crippen molar-refractivity contribution in [3.63, 3.8) is 0 Å². The van der Waals surface area contributed by atoms with Crippen LogP contribution in [-0.4, -0.2) is 24.0 Å². The molecule has 1 aliphatic heterocycles. The Morgan fingerprint density at radius 3 is 2.44 bits per heavy atom. The van der Waals surface area contributed by atoms with Gasteiger partial charge in [0.2, 0.25) is 0 Å². The summed E-state index contributed by atoms with van der Waals surface area (Å²) in [5.41, 5.74) is 0.962. The SMILES string of the molecule is C=C[C@H]1CC[C@@H](N2CCCC(C)(C)C2)CC1(C)C. The number of hydrogen-bond acceptors (Lipinski definition) is 1. The van der Waals surface area contributed by atoms with Gasteiger partial charge in [-0.15, -0.1) is 6.58 Å². The molecule has 0 aromatic carbocycles. The second kappa shape index (κ2) is 5.00. The van der Waals surface area contributed by atoms with E-state index in [1.54, 1.807) is 0 Å². The molecule has 0 N–H and O–H groups in total. The van der Waals surface area contributed by atoms with E-state index in [2.05, 4.69) is 45.2 Å². The minimum Gasteiger partial charge on any atom is -0.300 e. The molecule has 1 aliphatic carbocycles. The van der Waals surface area contributed by atoms with Crippen LogP contribution in [0.5, 0.6) is 0 Å². The van der Waals surface area contributed by atoms with Crippen molar-refractivity contribution in [1.29, 1.82) is 0 Å². The van der Waals surface area contributed by atoms with Gasteiger partial charge in [-0.05, 0) is 55.4 Å². The van der Waals surface area contributed by atoms with Crippen LogP contribution in [0.4, 0.5) is 0 Å². The average Bonchev–Trinajstić information content (AvgIpc) is 2.26. The maximum absolute atomic E-state index is 4.03. The first kappa shape index (κ1) is 14.1. The molecule has 0 spiro atoms. The number of nitrogens with zero attached hydrogens (tertiary/aromatic N) is 1. The molecule has 0 radical (unpaired) electrons. The largest absolute Gasteiger partial charge is 0.300 e. The summed E-state index contributed by atoms with van der Waals surface area (Å²) in [6.45, 7) is 16.4. The zero-order valence-corrected chi connectivity index (χ0v) is 12.8. The Labute approximate surface area is 114 Å². The molecule has 0 unspecified atom stereocenters. The van der Waals surface area contributed by atoms with Gasteiger partial charge in [0.1, 0.15) is 0 Å². The topological polar surface area (TPSA) is 3.24 Å².